The van der Waals surface area contributed by atoms with Gasteiger partial charge in [0, 0.05) is 32.4 Å². The highest BCUT2D eigenvalue weighted by Gasteiger charge is 2.29. The van der Waals surface area contributed by atoms with Crippen molar-refractivity contribution in [2.45, 2.75) is 39.5 Å². The molecule has 0 aliphatic carbocycles. The van der Waals surface area contributed by atoms with Crippen LogP contribution in [0.5, 0.6) is 0 Å². The Morgan fingerprint density at radius 2 is 2.33 bits per heavy atom. The van der Waals surface area contributed by atoms with Crippen LogP contribution < -0.4 is 4.90 Å². The third-order valence-corrected chi connectivity index (χ3v) is 5.71. The second-order valence-electron chi connectivity index (χ2n) is 6.38. The van der Waals surface area contributed by atoms with Crippen LogP contribution in [0.25, 0.3) is 10.3 Å². The summed E-state index contributed by atoms with van der Waals surface area (Å²) < 4.78 is 0. The van der Waals surface area contributed by atoms with E-state index in [1.165, 1.54) is 0 Å². The van der Waals surface area contributed by atoms with Gasteiger partial charge in [0.05, 0.1) is 5.92 Å². The Hall–Kier alpha value is -1.69. The van der Waals surface area contributed by atoms with Crippen molar-refractivity contribution in [3.8, 4) is 0 Å². The smallest absolute Gasteiger partial charge is 0.227 e. The molecule has 2 aromatic heterocycles. The lowest BCUT2D eigenvalue weighted by Crippen LogP contribution is -2.45. The van der Waals surface area contributed by atoms with Crippen LogP contribution in [0, 0.1) is 5.92 Å². The summed E-state index contributed by atoms with van der Waals surface area (Å²) in [6.45, 7) is 7.69. The van der Waals surface area contributed by atoms with Crippen LogP contribution >= 0.6 is 11.3 Å². The zero-order valence-corrected chi connectivity index (χ0v) is 15.4. The second kappa shape index (κ2) is 7.92. The summed E-state index contributed by atoms with van der Waals surface area (Å²) in [5.41, 5.74) is 0.948. The van der Waals surface area contributed by atoms with Gasteiger partial charge in [-0.05, 0) is 38.3 Å². The minimum absolute atomic E-state index is 0.0931. The number of anilines is 1. The molecule has 6 heteroatoms. The molecule has 1 fully saturated rings. The fourth-order valence-electron chi connectivity index (χ4n) is 3.28. The Bertz CT molecular complexity index is 653. The van der Waals surface area contributed by atoms with Crippen molar-refractivity contribution < 1.29 is 4.79 Å². The maximum Gasteiger partial charge on any atom is 0.227 e. The molecule has 5 nitrogen and oxygen atoms in total. The Morgan fingerprint density at radius 3 is 3.08 bits per heavy atom. The summed E-state index contributed by atoms with van der Waals surface area (Å²) >= 11 is 1.62. The predicted octanol–water partition coefficient (Wildman–Crippen LogP) is 3.56. The normalized spacial score (nSPS) is 18.1. The third kappa shape index (κ3) is 3.69. The van der Waals surface area contributed by atoms with E-state index in [4.69, 9.17) is 4.98 Å². The van der Waals surface area contributed by atoms with Gasteiger partial charge in [0.25, 0.3) is 0 Å². The molecular formula is C18H26N4OS. The Balaban J connectivity index is 1.70. The van der Waals surface area contributed by atoms with Crippen LogP contribution in [-0.2, 0) is 4.79 Å². The largest absolute Gasteiger partial charge is 0.347 e. The number of hydrogen-bond donors (Lipinski definition) is 0. The van der Waals surface area contributed by atoms with Crippen molar-refractivity contribution in [1.29, 1.82) is 0 Å². The molecule has 1 amide bonds. The molecule has 0 aromatic carbocycles. The van der Waals surface area contributed by atoms with Gasteiger partial charge in [-0.25, -0.2) is 9.97 Å². The average molecular weight is 347 g/mol. The molecule has 0 N–H and O–H groups in total. The third-order valence-electron chi connectivity index (χ3n) is 4.67. The number of unbranched alkanes of at least 4 members (excludes halogenated alkanes) is 1. The van der Waals surface area contributed by atoms with Crippen molar-refractivity contribution in [1.82, 2.24) is 14.9 Å². The standard InChI is InChI=1S/C18H26N4OS/c1-3-5-11-21(4-2)17(23)14-8-7-12-22(13-14)18-20-15-9-6-10-19-16(15)24-18/h6,9-10,14H,3-5,7-8,11-13H2,1-2H3/t14-/m1/s1. The summed E-state index contributed by atoms with van der Waals surface area (Å²) in [6.07, 6.45) is 6.05. The number of thiazole rings is 1. The highest BCUT2D eigenvalue weighted by molar-refractivity contribution is 7.21. The minimum Gasteiger partial charge on any atom is -0.347 e. The monoisotopic (exact) mass is 346 g/mol. The molecule has 3 rings (SSSR count). The first-order valence-corrected chi connectivity index (χ1v) is 9.79. The van der Waals surface area contributed by atoms with Crippen LogP contribution in [0.2, 0.25) is 0 Å². The van der Waals surface area contributed by atoms with Gasteiger partial charge in [-0.1, -0.05) is 24.7 Å². The lowest BCUT2D eigenvalue weighted by molar-refractivity contribution is -0.135. The van der Waals surface area contributed by atoms with Gasteiger partial charge in [-0.2, -0.15) is 0 Å². The van der Waals surface area contributed by atoms with Gasteiger partial charge in [-0.15, -0.1) is 0 Å². The van der Waals surface area contributed by atoms with Crippen LogP contribution in [0.3, 0.4) is 0 Å². The lowest BCUT2D eigenvalue weighted by Gasteiger charge is -2.34. The predicted molar refractivity (Wildman–Crippen MR) is 99.5 cm³/mol. The number of aromatic nitrogens is 2. The van der Waals surface area contributed by atoms with Crippen molar-refractivity contribution >= 4 is 32.7 Å². The van der Waals surface area contributed by atoms with Gasteiger partial charge in [0.2, 0.25) is 5.91 Å². The molecule has 130 valence electrons. The maximum absolute atomic E-state index is 12.9. The summed E-state index contributed by atoms with van der Waals surface area (Å²) in [7, 11) is 0. The van der Waals surface area contributed by atoms with Crippen LogP contribution in [-0.4, -0.2) is 47.0 Å². The van der Waals surface area contributed by atoms with Crippen molar-refractivity contribution in [3.63, 3.8) is 0 Å². The van der Waals surface area contributed by atoms with Crippen molar-refractivity contribution in [2.75, 3.05) is 31.1 Å². The molecular weight excluding hydrogens is 320 g/mol. The first-order valence-electron chi connectivity index (χ1n) is 8.98. The first kappa shape index (κ1) is 17.1. The molecule has 3 heterocycles. The van der Waals surface area contributed by atoms with E-state index < -0.39 is 0 Å². The van der Waals surface area contributed by atoms with Crippen LogP contribution in [0.4, 0.5) is 5.13 Å². The Labute approximate surface area is 147 Å². The van der Waals surface area contributed by atoms with E-state index in [0.29, 0.717) is 5.91 Å². The van der Waals surface area contributed by atoms with E-state index in [9.17, 15) is 4.79 Å². The van der Waals surface area contributed by atoms with E-state index in [1.807, 2.05) is 17.0 Å². The number of amides is 1. The number of fused-ring (bicyclic) bond motifs is 1. The average Bonchev–Trinajstić information content (AvgIpc) is 3.06. The molecule has 0 spiro atoms. The van der Waals surface area contributed by atoms with Gasteiger partial charge in [0.15, 0.2) is 5.13 Å². The number of piperidine rings is 1. The molecule has 1 saturated heterocycles. The summed E-state index contributed by atoms with van der Waals surface area (Å²) in [5.74, 6) is 0.408. The fourth-order valence-corrected chi connectivity index (χ4v) is 4.22. The molecule has 1 aliphatic rings. The minimum atomic E-state index is 0.0931. The highest BCUT2D eigenvalue weighted by atomic mass is 32.1. The maximum atomic E-state index is 12.9. The number of pyridine rings is 1. The number of carbonyl (C=O) groups excluding carboxylic acids is 1. The van der Waals surface area contributed by atoms with Gasteiger partial charge in [0.1, 0.15) is 10.3 Å². The second-order valence-corrected chi connectivity index (χ2v) is 7.34. The van der Waals surface area contributed by atoms with Gasteiger partial charge >= 0.3 is 0 Å². The summed E-state index contributed by atoms with van der Waals surface area (Å²) in [4.78, 5) is 27.2. The quantitative estimate of drug-likeness (QED) is 0.802. The van der Waals surface area contributed by atoms with Crippen LogP contribution in [0.15, 0.2) is 18.3 Å². The van der Waals surface area contributed by atoms with E-state index in [-0.39, 0.29) is 5.92 Å². The van der Waals surface area contributed by atoms with E-state index in [0.717, 1.165) is 67.3 Å². The van der Waals surface area contributed by atoms with Crippen LogP contribution in [0.1, 0.15) is 39.5 Å². The molecule has 0 radical (unpaired) electrons. The van der Waals surface area contributed by atoms with Gasteiger partial charge < -0.3 is 9.80 Å². The lowest BCUT2D eigenvalue weighted by atomic mass is 9.96. The summed E-state index contributed by atoms with van der Waals surface area (Å²) in [5, 5.41) is 0.998. The molecule has 2 aromatic rings. The van der Waals surface area contributed by atoms with Crippen molar-refractivity contribution in [2.24, 2.45) is 5.92 Å². The molecule has 24 heavy (non-hydrogen) atoms. The molecule has 0 unspecified atom stereocenters. The number of rotatable bonds is 6. The molecule has 0 bridgehead atoms. The topological polar surface area (TPSA) is 49.3 Å². The fraction of sp³-hybridized carbons (Fsp3) is 0.611. The number of nitrogens with zero attached hydrogens (tertiary/aromatic N) is 4. The zero-order valence-electron chi connectivity index (χ0n) is 14.6. The summed E-state index contributed by atoms with van der Waals surface area (Å²) in [6, 6.07) is 3.92. The molecule has 1 aliphatic heterocycles. The van der Waals surface area contributed by atoms with E-state index >= 15 is 0 Å². The number of hydrogen-bond acceptors (Lipinski definition) is 5. The number of carbonyl (C=O) groups is 1. The zero-order chi connectivity index (χ0) is 16.9. The SMILES string of the molecule is CCCCN(CC)C(=O)[C@@H]1CCCN(c2nc3cccnc3s2)C1. The van der Waals surface area contributed by atoms with Crippen molar-refractivity contribution in [3.05, 3.63) is 18.3 Å². The Morgan fingerprint density at radius 1 is 1.46 bits per heavy atom. The highest BCUT2D eigenvalue weighted by Crippen LogP contribution is 2.30. The molecule has 0 saturated carbocycles. The van der Waals surface area contributed by atoms with E-state index in [1.54, 1.807) is 17.5 Å². The Kier molecular flexibility index (Phi) is 5.66. The van der Waals surface area contributed by atoms with Gasteiger partial charge in [-0.3, -0.25) is 4.79 Å². The van der Waals surface area contributed by atoms with E-state index in [2.05, 4.69) is 23.7 Å². The molecule has 1 atom stereocenters. The first-order chi connectivity index (χ1) is 11.7.